The van der Waals surface area contributed by atoms with Crippen LogP contribution in [-0.4, -0.2) is 49.5 Å². The van der Waals surface area contributed by atoms with Crippen molar-refractivity contribution in [1.29, 1.82) is 0 Å². The third kappa shape index (κ3) is 9.34. The summed E-state index contributed by atoms with van der Waals surface area (Å²) in [6.07, 6.45) is 0.885. The van der Waals surface area contributed by atoms with Crippen LogP contribution < -0.4 is 9.62 Å². The number of hydrogen-bond donors (Lipinski definition) is 1. The normalized spacial score (nSPS) is 12.5. The van der Waals surface area contributed by atoms with Crippen molar-refractivity contribution in [3.05, 3.63) is 101 Å². The summed E-state index contributed by atoms with van der Waals surface area (Å²) in [4.78, 5) is 28.7. The molecule has 0 aliphatic heterocycles. The zero-order valence-electron chi connectivity index (χ0n) is 24.1. The largest absolute Gasteiger partial charge is 0.350 e. The molecule has 7 nitrogen and oxygen atoms in total. The molecular weight excluding hydrogens is 567 g/mol. The van der Waals surface area contributed by atoms with Crippen LogP contribution >= 0.6 is 0 Å². The van der Waals surface area contributed by atoms with E-state index in [1.165, 1.54) is 23.1 Å². The van der Waals surface area contributed by atoms with Crippen molar-refractivity contribution < 1.29 is 31.2 Å². The Morgan fingerprint density at radius 2 is 1.52 bits per heavy atom. The first-order chi connectivity index (χ1) is 19.7. The first-order valence-electron chi connectivity index (χ1n) is 13.5. The number of benzene rings is 3. The molecule has 42 heavy (non-hydrogen) atoms. The maximum atomic E-state index is 14.7. The van der Waals surface area contributed by atoms with Gasteiger partial charge in [-0.15, -0.1) is 0 Å². The minimum absolute atomic E-state index is 0.00236. The molecule has 3 rings (SSSR count). The summed E-state index contributed by atoms with van der Waals surface area (Å²) in [6.45, 7) is 5.03. The van der Waals surface area contributed by atoms with Crippen LogP contribution in [0.5, 0.6) is 0 Å². The highest BCUT2D eigenvalue weighted by Crippen LogP contribution is 2.23. The van der Waals surface area contributed by atoms with Gasteiger partial charge in [0, 0.05) is 43.1 Å². The third-order valence-corrected chi connectivity index (χ3v) is 7.61. The summed E-state index contributed by atoms with van der Waals surface area (Å²) in [5.74, 6) is -3.78. The molecule has 0 spiro atoms. The van der Waals surface area contributed by atoms with Crippen LogP contribution in [0.4, 0.5) is 18.9 Å². The summed E-state index contributed by atoms with van der Waals surface area (Å²) < 4.78 is 67.9. The van der Waals surface area contributed by atoms with Gasteiger partial charge in [0.2, 0.25) is 21.8 Å². The fourth-order valence-corrected chi connectivity index (χ4v) is 5.42. The second kappa shape index (κ2) is 13.9. The van der Waals surface area contributed by atoms with Crippen LogP contribution in [0, 0.1) is 17.5 Å². The van der Waals surface area contributed by atoms with E-state index in [2.05, 4.69) is 5.32 Å². The second-order valence-electron chi connectivity index (χ2n) is 11.1. The number of carbonyl (C=O) groups excluding carboxylic acids is 2. The second-order valence-corrected chi connectivity index (χ2v) is 13.0. The van der Waals surface area contributed by atoms with E-state index in [4.69, 9.17) is 0 Å². The lowest BCUT2D eigenvalue weighted by atomic mass is 10.00. The fourth-order valence-electron chi connectivity index (χ4n) is 4.46. The first kappa shape index (κ1) is 32.7. The molecule has 0 aromatic heterocycles. The number of anilines is 1. The predicted octanol–water partition coefficient (Wildman–Crippen LogP) is 5.20. The van der Waals surface area contributed by atoms with Crippen LogP contribution in [0.3, 0.4) is 0 Å². The smallest absolute Gasteiger partial charge is 0.243 e. The molecule has 2 amide bonds. The molecule has 226 valence electrons. The standard InChI is InChI=1S/C31H36F3N3O4S/c1-31(2,3)35-30(39)28(19-22-11-6-5-7-12-22)36(21-23-13-8-9-14-25(23)32)29(38)15-10-18-37(42(4,40)41)24-16-17-26(33)27(34)20-24/h5-9,11-14,16-17,20,28H,10,15,18-19,21H2,1-4H3,(H,35,39). The van der Waals surface area contributed by atoms with Crippen LogP contribution in [0.2, 0.25) is 0 Å². The highest BCUT2D eigenvalue weighted by molar-refractivity contribution is 7.92. The lowest BCUT2D eigenvalue weighted by Crippen LogP contribution is -2.54. The van der Waals surface area contributed by atoms with E-state index >= 15 is 0 Å². The summed E-state index contributed by atoms with van der Waals surface area (Å²) >= 11 is 0. The maximum absolute atomic E-state index is 14.7. The molecule has 11 heteroatoms. The zero-order chi connectivity index (χ0) is 31.1. The molecule has 0 aliphatic carbocycles. The Hall–Kier alpha value is -3.86. The number of nitrogens with zero attached hydrogens (tertiary/aromatic N) is 2. The van der Waals surface area contributed by atoms with Crippen molar-refractivity contribution >= 4 is 27.5 Å². The van der Waals surface area contributed by atoms with Gasteiger partial charge in [0.1, 0.15) is 11.9 Å². The van der Waals surface area contributed by atoms with Crippen LogP contribution in [0.1, 0.15) is 44.7 Å². The number of hydrogen-bond acceptors (Lipinski definition) is 4. The number of rotatable bonds is 12. The lowest BCUT2D eigenvalue weighted by Gasteiger charge is -2.34. The van der Waals surface area contributed by atoms with E-state index in [0.717, 1.165) is 34.3 Å². The summed E-state index contributed by atoms with van der Waals surface area (Å²) in [5, 5.41) is 2.92. The van der Waals surface area contributed by atoms with Gasteiger partial charge in [-0.2, -0.15) is 0 Å². The van der Waals surface area contributed by atoms with Crippen molar-refractivity contribution in [2.24, 2.45) is 0 Å². The SMILES string of the molecule is CC(C)(C)NC(=O)C(Cc1ccccc1)N(Cc1ccccc1F)C(=O)CCCN(c1ccc(F)c(F)c1)S(C)(=O)=O. The average Bonchev–Trinajstić information content (AvgIpc) is 2.90. The average molecular weight is 604 g/mol. The van der Waals surface area contributed by atoms with Crippen molar-refractivity contribution in [2.75, 3.05) is 17.1 Å². The van der Waals surface area contributed by atoms with E-state index in [9.17, 15) is 31.2 Å². The molecule has 0 fully saturated rings. The molecule has 1 N–H and O–H groups in total. The van der Waals surface area contributed by atoms with Gasteiger partial charge in [-0.05, 0) is 51.0 Å². The highest BCUT2D eigenvalue weighted by Gasteiger charge is 2.32. The molecule has 0 aliphatic rings. The van der Waals surface area contributed by atoms with Gasteiger partial charge < -0.3 is 10.2 Å². The minimum Gasteiger partial charge on any atom is -0.350 e. The Labute approximate surface area is 245 Å². The van der Waals surface area contributed by atoms with Gasteiger partial charge in [-0.25, -0.2) is 21.6 Å². The van der Waals surface area contributed by atoms with Crippen LogP contribution in [-0.2, 0) is 32.6 Å². The van der Waals surface area contributed by atoms with E-state index in [0.29, 0.717) is 0 Å². The number of nitrogens with one attached hydrogen (secondary N) is 1. The van der Waals surface area contributed by atoms with Gasteiger partial charge in [0.15, 0.2) is 11.6 Å². The molecular formula is C31H36F3N3O4S. The Kier molecular flexibility index (Phi) is 10.8. The first-order valence-corrected chi connectivity index (χ1v) is 15.3. The van der Waals surface area contributed by atoms with Gasteiger partial charge in [-0.1, -0.05) is 48.5 Å². The molecule has 0 heterocycles. The molecule has 0 saturated carbocycles. The van der Waals surface area contributed by atoms with E-state index in [1.807, 2.05) is 51.1 Å². The van der Waals surface area contributed by atoms with Gasteiger partial charge in [0.25, 0.3) is 0 Å². The van der Waals surface area contributed by atoms with Crippen LogP contribution in [0.25, 0.3) is 0 Å². The topological polar surface area (TPSA) is 86.8 Å². The number of halogens is 3. The Bertz CT molecular complexity index is 1490. The van der Waals surface area contributed by atoms with Gasteiger partial charge >= 0.3 is 0 Å². The zero-order valence-corrected chi connectivity index (χ0v) is 24.9. The molecule has 1 atom stereocenters. The summed E-state index contributed by atoms with van der Waals surface area (Å²) in [7, 11) is -3.91. The van der Waals surface area contributed by atoms with Crippen molar-refractivity contribution in [1.82, 2.24) is 10.2 Å². The number of carbonyl (C=O) groups is 2. The van der Waals surface area contributed by atoms with Crippen molar-refractivity contribution in [3.63, 3.8) is 0 Å². The monoisotopic (exact) mass is 603 g/mol. The van der Waals surface area contributed by atoms with Crippen molar-refractivity contribution in [2.45, 2.75) is 58.2 Å². The Balaban J connectivity index is 1.92. The maximum Gasteiger partial charge on any atom is 0.243 e. The van der Waals surface area contributed by atoms with E-state index in [-0.39, 0.29) is 43.6 Å². The van der Waals surface area contributed by atoms with Crippen molar-refractivity contribution in [3.8, 4) is 0 Å². The third-order valence-electron chi connectivity index (χ3n) is 6.41. The number of amides is 2. The minimum atomic E-state index is -3.91. The molecule has 0 radical (unpaired) electrons. The summed E-state index contributed by atoms with van der Waals surface area (Å²) in [5.41, 5.74) is 0.309. The van der Waals surface area contributed by atoms with Gasteiger partial charge in [0.05, 0.1) is 11.9 Å². The van der Waals surface area contributed by atoms with E-state index in [1.54, 1.807) is 6.07 Å². The molecule has 0 saturated heterocycles. The van der Waals surface area contributed by atoms with Crippen LogP contribution in [0.15, 0.2) is 72.8 Å². The summed E-state index contributed by atoms with van der Waals surface area (Å²) in [6, 6.07) is 16.8. The predicted molar refractivity (Wildman–Crippen MR) is 157 cm³/mol. The molecule has 1 unspecified atom stereocenters. The highest BCUT2D eigenvalue weighted by atomic mass is 32.2. The van der Waals surface area contributed by atoms with Gasteiger partial charge in [-0.3, -0.25) is 13.9 Å². The Morgan fingerprint density at radius 3 is 2.12 bits per heavy atom. The molecule has 3 aromatic rings. The quantitative estimate of drug-likeness (QED) is 0.308. The fraction of sp³-hybridized carbons (Fsp3) is 0.355. The molecule has 3 aromatic carbocycles. The number of sulfonamides is 1. The molecule has 0 bridgehead atoms. The lowest BCUT2D eigenvalue weighted by molar-refractivity contribution is -0.142. The van der Waals surface area contributed by atoms with E-state index < -0.39 is 50.9 Å². The Morgan fingerprint density at radius 1 is 0.881 bits per heavy atom.